The molecule has 0 aliphatic rings. The van der Waals surface area contributed by atoms with Crippen LogP contribution in [0.5, 0.6) is 11.5 Å². The Labute approximate surface area is 139 Å². The molecular formula is C13H7Cl3N2O4. The maximum atomic E-state index is 11.1. The number of amides is 1. The summed E-state index contributed by atoms with van der Waals surface area (Å²) in [5.41, 5.74) is 4.64. The van der Waals surface area contributed by atoms with Crippen LogP contribution in [0, 0.1) is 10.1 Å². The van der Waals surface area contributed by atoms with Crippen LogP contribution >= 0.6 is 34.8 Å². The van der Waals surface area contributed by atoms with E-state index in [1.54, 1.807) is 0 Å². The lowest BCUT2D eigenvalue weighted by atomic mass is 10.2. The van der Waals surface area contributed by atoms with E-state index in [0.29, 0.717) is 0 Å². The molecule has 0 aromatic heterocycles. The van der Waals surface area contributed by atoms with Gasteiger partial charge in [0.1, 0.15) is 5.75 Å². The summed E-state index contributed by atoms with van der Waals surface area (Å²) in [7, 11) is 0. The predicted octanol–water partition coefficient (Wildman–Crippen LogP) is 4.45. The molecule has 0 unspecified atom stereocenters. The highest BCUT2D eigenvalue weighted by Gasteiger charge is 2.20. The number of ether oxygens (including phenoxy) is 1. The van der Waals surface area contributed by atoms with Gasteiger partial charge >= 0.3 is 5.69 Å². The molecule has 1 amide bonds. The average molecular weight is 362 g/mol. The summed E-state index contributed by atoms with van der Waals surface area (Å²) in [5, 5.41) is 11.6. The molecule has 2 N–H and O–H groups in total. The van der Waals surface area contributed by atoms with Crippen LogP contribution in [0.4, 0.5) is 5.69 Å². The van der Waals surface area contributed by atoms with Crippen LogP contribution in [0.15, 0.2) is 30.3 Å². The summed E-state index contributed by atoms with van der Waals surface area (Å²) in [4.78, 5) is 21.5. The highest BCUT2D eigenvalue weighted by molar-refractivity contribution is 6.43. The van der Waals surface area contributed by atoms with Crippen molar-refractivity contribution in [1.29, 1.82) is 0 Å². The summed E-state index contributed by atoms with van der Waals surface area (Å²) in [6.45, 7) is 0. The standard InChI is InChI=1S/C13H7Cl3N2O4/c14-7-4-9(16)12(5-8(7)15)22-11-2-1-6(13(17)19)3-10(11)18(20)21/h1-5H,(H2,17,19). The minimum atomic E-state index is -0.790. The van der Waals surface area contributed by atoms with Crippen molar-refractivity contribution >= 4 is 46.4 Å². The van der Waals surface area contributed by atoms with Crippen LogP contribution < -0.4 is 10.5 Å². The number of hydrogen-bond donors (Lipinski definition) is 1. The molecule has 2 aromatic carbocycles. The Balaban J connectivity index is 2.47. The van der Waals surface area contributed by atoms with Crippen LogP contribution in [0.1, 0.15) is 10.4 Å². The molecule has 0 radical (unpaired) electrons. The van der Waals surface area contributed by atoms with Gasteiger partial charge in [0.25, 0.3) is 0 Å². The summed E-state index contributed by atoms with van der Waals surface area (Å²) in [6, 6.07) is 6.25. The van der Waals surface area contributed by atoms with Crippen molar-refractivity contribution < 1.29 is 14.5 Å². The van der Waals surface area contributed by atoms with E-state index in [2.05, 4.69) is 0 Å². The van der Waals surface area contributed by atoms with E-state index in [9.17, 15) is 14.9 Å². The zero-order chi connectivity index (χ0) is 16.4. The van der Waals surface area contributed by atoms with Gasteiger partial charge in [-0.05, 0) is 18.2 Å². The molecule has 0 bridgehead atoms. The zero-order valence-electron chi connectivity index (χ0n) is 10.7. The Morgan fingerprint density at radius 1 is 1.05 bits per heavy atom. The largest absolute Gasteiger partial charge is 0.449 e. The number of rotatable bonds is 4. The molecule has 0 spiro atoms. The third kappa shape index (κ3) is 3.41. The molecule has 22 heavy (non-hydrogen) atoms. The fraction of sp³-hybridized carbons (Fsp3) is 0. The predicted molar refractivity (Wildman–Crippen MR) is 83.2 cm³/mol. The molecule has 2 aromatic rings. The second-order valence-electron chi connectivity index (χ2n) is 4.10. The average Bonchev–Trinajstić information content (AvgIpc) is 2.44. The van der Waals surface area contributed by atoms with Crippen molar-refractivity contribution in [3.8, 4) is 11.5 Å². The number of halogens is 3. The second kappa shape index (κ2) is 6.39. The Morgan fingerprint density at radius 2 is 1.68 bits per heavy atom. The van der Waals surface area contributed by atoms with E-state index in [-0.39, 0.29) is 32.1 Å². The molecule has 0 fully saturated rings. The second-order valence-corrected chi connectivity index (χ2v) is 5.32. The number of nitrogens with two attached hydrogens (primary N) is 1. The Hall–Kier alpha value is -2.02. The highest BCUT2D eigenvalue weighted by atomic mass is 35.5. The highest BCUT2D eigenvalue weighted by Crippen LogP contribution is 2.39. The zero-order valence-corrected chi connectivity index (χ0v) is 12.9. The first-order valence-corrected chi connectivity index (χ1v) is 6.83. The summed E-state index contributed by atoms with van der Waals surface area (Å²) < 4.78 is 5.40. The third-order valence-electron chi connectivity index (χ3n) is 2.63. The number of benzene rings is 2. The molecule has 0 aliphatic carbocycles. The maximum Gasteiger partial charge on any atom is 0.312 e. The lowest BCUT2D eigenvalue weighted by molar-refractivity contribution is -0.385. The number of primary amides is 1. The maximum absolute atomic E-state index is 11.1. The summed E-state index contributed by atoms with van der Waals surface area (Å²) in [5.74, 6) is -0.816. The molecule has 0 heterocycles. The normalized spacial score (nSPS) is 10.3. The minimum Gasteiger partial charge on any atom is -0.449 e. The summed E-state index contributed by atoms with van der Waals surface area (Å²) >= 11 is 17.6. The van der Waals surface area contributed by atoms with Crippen LogP contribution in [-0.4, -0.2) is 10.8 Å². The van der Waals surface area contributed by atoms with E-state index < -0.39 is 16.5 Å². The topological polar surface area (TPSA) is 95.5 Å². The van der Waals surface area contributed by atoms with Crippen LogP contribution in [0.3, 0.4) is 0 Å². The Bertz CT molecular complexity index is 780. The number of hydrogen-bond acceptors (Lipinski definition) is 4. The molecule has 114 valence electrons. The van der Waals surface area contributed by atoms with E-state index in [1.165, 1.54) is 24.3 Å². The van der Waals surface area contributed by atoms with Gasteiger partial charge in [-0.15, -0.1) is 0 Å². The third-order valence-corrected chi connectivity index (χ3v) is 3.65. The SMILES string of the molecule is NC(=O)c1ccc(Oc2cc(Cl)c(Cl)cc2Cl)c([N+](=O)[O-])c1. The van der Waals surface area contributed by atoms with Gasteiger partial charge < -0.3 is 10.5 Å². The van der Waals surface area contributed by atoms with Gasteiger partial charge in [0.15, 0.2) is 0 Å². The first-order chi connectivity index (χ1) is 10.3. The van der Waals surface area contributed by atoms with Gasteiger partial charge in [-0.3, -0.25) is 14.9 Å². The fourth-order valence-corrected chi connectivity index (χ4v) is 2.18. The molecule has 0 saturated carbocycles. The van der Waals surface area contributed by atoms with Crippen molar-refractivity contribution in [3.63, 3.8) is 0 Å². The molecule has 0 atom stereocenters. The number of nitro groups is 1. The van der Waals surface area contributed by atoms with Gasteiger partial charge in [0.2, 0.25) is 11.7 Å². The van der Waals surface area contributed by atoms with Crippen LogP contribution in [0.2, 0.25) is 15.1 Å². The first kappa shape index (κ1) is 16.4. The Kier molecular flexibility index (Phi) is 4.75. The molecule has 0 saturated heterocycles. The van der Waals surface area contributed by atoms with Crippen LogP contribution in [0.25, 0.3) is 0 Å². The lowest BCUT2D eigenvalue weighted by Gasteiger charge is -2.09. The van der Waals surface area contributed by atoms with E-state index in [4.69, 9.17) is 45.3 Å². The van der Waals surface area contributed by atoms with Gasteiger partial charge in [-0.1, -0.05) is 34.8 Å². The van der Waals surface area contributed by atoms with E-state index in [1.807, 2.05) is 0 Å². The quantitative estimate of drug-likeness (QED) is 0.494. The van der Waals surface area contributed by atoms with Crippen molar-refractivity contribution in [2.45, 2.75) is 0 Å². The molecule has 9 heteroatoms. The first-order valence-electron chi connectivity index (χ1n) is 5.70. The molecule has 2 rings (SSSR count). The van der Waals surface area contributed by atoms with Crippen molar-refractivity contribution in [3.05, 3.63) is 61.1 Å². The fourth-order valence-electron chi connectivity index (χ4n) is 1.60. The van der Waals surface area contributed by atoms with Crippen molar-refractivity contribution in [2.75, 3.05) is 0 Å². The number of carbonyl (C=O) groups is 1. The number of nitrogens with zero attached hydrogens (tertiary/aromatic N) is 1. The minimum absolute atomic E-state index is 0.0146. The van der Waals surface area contributed by atoms with Crippen molar-refractivity contribution in [2.24, 2.45) is 5.73 Å². The van der Waals surface area contributed by atoms with E-state index in [0.717, 1.165) is 6.07 Å². The monoisotopic (exact) mass is 360 g/mol. The van der Waals surface area contributed by atoms with Crippen LogP contribution in [-0.2, 0) is 0 Å². The van der Waals surface area contributed by atoms with Gasteiger partial charge in [-0.25, -0.2) is 0 Å². The summed E-state index contributed by atoms with van der Waals surface area (Å²) in [6.07, 6.45) is 0. The van der Waals surface area contributed by atoms with Crippen molar-refractivity contribution in [1.82, 2.24) is 0 Å². The molecular weight excluding hydrogens is 355 g/mol. The smallest absolute Gasteiger partial charge is 0.312 e. The Morgan fingerprint density at radius 3 is 2.27 bits per heavy atom. The number of nitro benzene ring substituents is 1. The molecule has 0 aliphatic heterocycles. The van der Waals surface area contributed by atoms with Gasteiger partial charge in [0.05, 0.1) is 20.0 Å². The molecule has 6 nitrogen and oxygen atoms in total. The number of carbonyl (C=O) groups excluding carboxylic acids is 1. The lowest BCUT2D eigenvalue weighted by Crippen LogP contribution is -2.11. The van der Waals surface area contributed by atoms with E-state index >= 15 is 0 Å². The van der Waals surface area contributed by atoms with Gasteiger partial charge in [-0.2, -0.15) is 0 Å². The van der Waals surface area contributed by atoms with Gasteiger partial charge in [0, 0.05) is 17.7 Å².